The van der Waals surface area contributed by atoms with Crippen molar-refractivity contribution in [2.24, 2.45) is 0 Å². The standard InChI is InChI=1S/C22H24N2O2/c1-26-22(25)13-12-17-8-10-18(11-9-17)15-23-14-4-5-19-16-24-21-7-3-2-6-20(19)21/h2-3,6-13,16,23-24H,4-5,14-15H2,1H3/b13-12+. The SMILES string of the molecule is COC(=O)/C=C/c1ccc(CNCCCc2c[nH]c3ccccc23)cc1. The molecular weight excluding hydrogens is 324 g/mol. The molecule has 3 aromatic rings. The lowest BCUT2D eigenvalue weighted by Gasteiger charge is -2.05. The molecule has 1 aromatic heterocycles. The Bertz CT molecular complexity index is 879. The number of aryl methyl sites for hydroxylation is 1. The second kappa shape index (κ2) is 9.02. The van der Waals surface area contributed by atoms with E-state index in [1.165, 1.54) is 35.2 Å². The lowest BCUT2D eigenvalue weighted by molar-refractivity contribution is -0.134. The number of fused-ring (bicyclic) bond motifs is 1. The highest BCUT2D eigenvalue weighted by molar-refractivity contribution is 5.86. The molecule has 26 heavy (non-hydrogen) atoms. The first-order valence-electron chi connectivity index (χ1n) is 8.87. The Kier molecular flexibility index (Phi) is 6.23. The number of aromatic amines is 1. The summed E-state index contributed by atoms with van der Waals surface area (Å²) in [5, 5.41) is 4.81. The van der Waals surface area contributed by atoms with Gasteiger partial charge in [0.25, 0.3) is 0 Å². The number of carbonyl (C=O) groups excluding carboxylic acids is 1. The van der Waals surface area contributed by atoms with Crippen LogP contribution in [0.5, 0.6) is 0 Å². The van der Waals surface area contributed by atoms with Crippen molar-refractivity contribution in [2.75, 3.05) is 13.7 Å². The van der Waals surface area contributed by atoms with Gasteiger partial charge >= 0.3 is 5.97 Å². The minimum atomic E-state index is -0.342. The summed E-state index contributed by atoms with van der Waals surface area (Å²) >= 11 is 0. The fourth-order valence-corrected chi connectivity index (χ4v) is 2.95. The molecule has 1 heterocycles. The fraction of sp³-hybridized carbons (Fsp3) is 0.227. The van der Waals surface area contributed by atoms with E-state index in [1.807, 2.05) is 12.1 Å². The number of esters is 1. The van der Waals surface area contributed by atoms with Gasteiger partial charge in [-0.25, -0.2) is 4.79 Å². The zero-order chi connectivity index (χ0) is 18.2. The average Bonchev–Trinajstić information content (AvgIpc) is 3.10. The number of H-pyrrole nitrogens is 1. The summed E-state index contributed by atoms with van der Waals surface area (Å²) in [6.07, 6.45) is 7.46. The number of hydrogen-bond acceptors (Lipinski definition) is 3. The van der Waals surface area contributed by atoms with Crippen LogP contribution in [0, 0.1) is 0 Å². The van der Waals surface area contributed by atoms with E-state index in [9.17, 15) is 4.79 Å². The van der Waals surface area contributed by atoms with Crippen LogP contribution in [0.25, 0.3) is 17.0 Å². The van der Waals surface area contributed by atoms with E-state index in [0.717, 1.165) is 31.5 Å². The summed E-state index contributed by atoms with van der Waals surface area (Å²) < 4.78 is 4.58. The summed E-state index contributed by atoms with van der Waals surface area (Å²) in [4.78, 5) is 14.4. The van der Waals surface area contributed by atoms with E-state index in [4.69, 9.17) is 0 Å². The zero-order valence-corrected chi connectivity index (χ0v) is 15.0. The maximum atomic E-state index is 11.1. The maximum Gasteiger partial charge on any atom is 0.330 e. The summed E-state index contributed by atoms with van der Waals surface area (Å²) in [6, 6.07) is 16.6. The van der Waals surface area contributed by atoms with Crippen LogP contribution < -0.4 is 5.32 Å². The van der Waals surface area contributed by atoms with Crippen molar-refractivity contribution in [3.8, 4) is 0 Å². The third kappa shape index (κ3) is 4.83. The minimum Gasteiger partial charge on any atom is -0.466 e. The summed E-state index contributed by atoms with van der Waals surface area (Å²) in [6.45, 7) is 1.82. The van der Waals surface area contributed by atoms with Gasteiger partial charge in [-0.05, 0) is 48.2 Å². The van der Waals surface area contributed by atoms with Gasteiger partial charge in [0.05, 0.1) is 7.11 Å². The van der Waals surface area contributed by atoms with Crippen LogP contribution in [-0.4, -0.2) is 24.6 Å². The zero-order valence-electron chi connectivity index (χ0n) is 15.0. The molecule has 0 aliphatic heterocycles. The van der Waals surface area contributed by atoms with Gasteiger partial charge in [-0.15, -0.1) is 0 Å². The lowest BCUT2D eigenvalue weighted by Crippen LogP contribution is -2.15. The first-order valence-corrected chi connectivity index (χ1v) is 8.87. The van der Waals surface area contributed by atoms with Crippen LogP contribution in [0.4, 0.5) is 0 Å². The van der Waals surface area contributed by atoms with Crippen molar-refractivity contribution < 1.29 is 9.53 Å². The molecule has 0 radical (unpaired) electrons. The Morgan fingerprint density at radius 1 is 1.15 bits per heavy atom. The number of hydrogen-bond donors (Lipinski definition) is 2. The van der Waals surface area contributed by atoms with E-state index in [1.54, 1.807) is 6.08 Å². The van der Waals surface area contributed by atoms with Crippen molar-refractivity contribution in [1.82, 2.24) is 10.3 Å². The molecule has 0 bridgehead atoms. The average molecular weight is 348 g/mol. The predicted molar refractivity (Wildman–Crippen MR) is 106 cm³/mol. The highest BCUT2D eigenvalue weighted by Crippen LogP contribution is 2.18. The molecule has 2 N–H and O–H groups in total. The maximum absolute atomic E-state index is 11.1. The molecule has 2 aromatic carbocycles. The van der Waals surface area contributed by atoms with E-state index in [-0.39, 0.29) is 5.97 Å². The van der Waals surface area contributed by atoms with Gasteiger partial charge in [0.15, 0.2) is 0 Å². The lowest BCUT2D eigenvalue weighted by atomic mass is 10.1. The van der Waals surface area contributed by atoms with Gasteiger partial charge in [-0.2, -0.15) is 0 Å². The quantitative estimate of drug-likeness (QED) is 0.366. The van der Waals surface area contributed by atoms with Gasteiger partial charge in [0.1, 0.15) is 0 Å². The van der Waals surface area contributed by atoms with Gasteiger partial charge < -0.3 is 15.0 Å². The van der Waals surface area contributed by atoms with Crippen molar-refractivity contribution >= 4 is 22.9 Å². The highest BCUT2D eigenvalue weighted by atomic mass is 16.5. The molecule has 0 atom stereocenters. The largest absolute Gasteiger partial charge is 0.466 e. The van der Waals surface area contributed by atoms with Crippen LogP contribution >= 0.6 is 0 Å². The monoisotopic (exact) mass is 348 g/mol. The molecule has 0 unspecified atom stereocenters. The van der Waals surface area contributed by atoms with Crippen LogP contribution in [-0.2, 0) is 22.5 Å². The van der Waals surface area contributed by atoms with Gasteiger partial charge in [-0.3, -0.25) is 0 Å². The predicted octanol–water partition coefficient (Wildman–Crippen LogP) is 4.08. The second-order valence-electron chi connectivity index (χ2n) is 6.24. The molecule has 0 aliphatic rings. The van der Waals surface area contributed by atoms with E-state index < -0.39 is 0 Å². The molecule has 0 spiro atoms. The number of benzene rings is 2. The van der Waals surface area contributed by atoms with Crippen LogP contribution in [0.15, 0.2) is 60.8 Å². The van der Waals surface area contributed by atoms with Crippen molar-refractivity contribution in [2.45, 2.75) is 19.4 Å². The summed E-state index contributed by atoms with van der Waals surface area (Å²) in [5.41, 5.74) is 4.80. The van der Waals surface area contributed by atoms with Crippen LogP contribution in [0.2, 0.25) is 0 Å². The van der Waals surface area contributed by atoms with Crippen LogP contribution in [0.3, 0.4) is 0 Å². The molecule has 0 amide bonds. The topological polar surface area (TPSA) is 54.1 Å². The van der Waals surface area contributed by atoms with E-state index in [2.05, 4.69) is 57.6 Å². The Balaban J connectivity index is 1.41. The molecule has 4 heteroatoms. The van der Waals surface area contributed by atoms with Gasteiger partial charge in [-0.1, -0.05) is 42.5 Å². The molecule has 0 aliphatic carbocycles. The summed E-state index contributed by atoms with van der Waals surface area (Å²) in [7, 11) is 1.37. The van der Waals surface area contributed by atoms with Crippen molar-refractivity contribution in [3.63, 3.8) is 0 Å². The number of aromatic nitrogens is 1. The van der Waals surface area contributed by atoms with E-state index >= 15 is 0 Å². The molecular formula is C22H24N2O2. The molecule has 0 saturated heterocycles. The number of ether oxygens (including phenoxy) is 1. The third-order valence-electron chi connectivity index (χ3n) is 4.40. The molecule has 0 saturated carbocycles. The Morgan fingerprint density at radius 3 is 2.77 bits per heavy atom. The number of methoxy groups -OCH3 is 1. The van der Waals surface area contributed by atoms with Crippen molar-refractivity contribution in [3.05, 3.63) is 77.5 Å². The minimum absolute atomic E-state index is 0.342. The molecule has 4 nitrogen and oxygen atoms in total. The molecule has 0 fully saturated rings. The Morgan fingerprint density at radius 2 is 1.96 bits per heavy atom. The molecule has 3 rings (SSSR count). The normalized spacial score (nSPS) is 11.3. The summed E-state index contributed by atoms with van der Waals surface area (Å²) in [5.74, 6) is -0.342. The highest BCUT2D eigenvalue weighted by Gasteiger charge is 2.02. The number of carbonyl (C=O) groups is 1. The third-order valence-corrected chi connectivity index (χ3v) is 4.40. The number of para-hydroxylation sites is 1. The smallest absolute Gasteiger partial charge is 0.330 e. The van der Waals surface area contributed by atoms with Crippen molar-refractivity contribution in [1.29, 1.82) is 0 Å². The fourth-order valence-electron chi connectivity index (χ4n) is 2.95. The van der Waals surface area contributed by atoms with Gasteiger partial charge in [0, 0.05) is 29.7 Å². The first kappa shape index (κ1) is 18.0. The Labute approximate surface area is 153 Å². The van der Waals surface area contributed by atoms with Crippen LogP contribution in [0.1, 0.15) is 23.1 Å². The van der Waals surface area contributed by atoms with Gasteiger partial charge in [0.2, 0.25) is 0 Å². The Hall–Kier alpha value is -2.85. The second-order valence-corrected chi connectivity index (χ2v) is 6.24. The number of rotatable bonds is 8. The first-order chi connectivity index (χ1) is 12.8. The number of nitrogens with one attached hydrogen (secondary N) is 2. The van der Waals surface area contributed by atoms with E-state index in [0.29, 0.717) is 0 Å². The molecule has 134 valence electrons.